The molecule has 2 N–H and O–H groups in total. The Bertz CT molecular complexity index is 478. The average Bonchev–Trinajstić information content (AvgIpc) is 2.32. The van der Waals surface area contributed by atoms with Gasteiger partial charge in [-0.25, -0.2) is 0 Å². The first-order valence-electron chi connectivity index (χ1n) is 7.51. The molecule has 0 aromatic rings. The van der Waals surface area contributed by atoms with E-state index in [0.717, 1.165) is 17.8 Å². The molecule has 4 aliphatic rings. The van der Waals surface area contributed by atoms with Crippen LogP contribution in [0.1, 0.15) is 45.4 Å². The van der Waals surface area contributed by atoms with E-state index < -0.39 is 21.3 Å². The van der Waals surface area contributed by atoms with Crippen molar-refractivity contribution in [2.24, 2.45) is 23.2 Å². The van der Waals surface area contributed by atoms with Crippen LogP contribution in [-0.4, -0.2) is 30.7 Å². The maximum absolute atomic E-state index is 11.8. The van der Waals surface area contributed by atoms with Crippen LogP contribution in [0.3, 0.4) is 0 Å². The molecule has 0 unspecified atom stereocenters. The molecule has 0 spiro atoms. The second-order valence-corrected chi connectivity index (χ2v) is 9.03. The molecule has 0 heterocycles. The van der Waals surface area contributed by atoms with Gasteiger partial charge in [0.05, 0.1) is 0 Å². The van der Waals surface area contributed by atoms with Crippen molar-refractivity contribution in [3.05, 3.63) is 0 Å². The van der Waals surface area contributed by atoms with Crippen molar-refractivity contribution >= 4 is 16.0 Å². The van der Waals surface area contributed by atoms with E-state index in [1.54, 1.807) is 0 Å². The van der Waals surface area contributed by atoms with Crippen molar-refractivity contribution in [2.45, 2.75) is 50.7 Å². The van der Waals surface area contributed by atoms with Crippen LogP contribution in [0.5, 0.6) is 0 Å². The van der Waals surface area contributed by atoms with Gasteiger partial charge in [-0.05, 0) is 68.6 Å². The van der Waals surface area contributed by atoms with Gasteiger partial charge < -0.3 is 5.32 Å². The second-order valence-electron chi connectivity index (χ2n) is 7.29. The quantitative estimate of drug-likeness (QED) is 0.773. The number of nitrogens with one attached hydrogen (secondary N) is 1. The zero-order chi connectivity index (χ0) is 14.5. The van der Waals surface area contributed by atoms with Crippen LogP contribution < -0.4 is 5.32 Å². The molecule has 0 radical (unpaired) electrons. The maximum atomic E-state index is 11.8. The van der Waals surface area contributed by atoms with Gasteiger partial charge >= 0.3 is 0 Å². The van der Waals surface area contributed by atoms with Crippen LogP contribution in [0.2, 0.25) is 0 Å². The first kappa shape index (κ1) is 14.3. The second kappa shape index (κ2) is 4.70. The number of rotatable bonds is 4. The zero-order valence-electron chi connectivity index (χ0n) is 11.8. The molecule has 1 atom stereocenters. The van der Waals surface area contributed by atoms with E-state index in [2.05, 4.69) is 5.32 Å². The Morgan fingerprint density at radius 3 is 2.05 bits per heavy atom. The Kier molecular flexibility index (Phi) is 3.36. The van der Waals surface area contributed by atoms with Gasteiger partial charge in [0.15, 0.2) is 5.25 Å². The standard InChI is InChI=1S/C14H23NO4S/c1-9(20(17,18)19)13(16)15-8-14-5-10-2-11(6-14)4-12(3-10)7-14/h9-12H,2-8H2,1H3,(H,15,16)(H,17,18,19)/t9-,10?,11?,12?,14?/m0/s1. The number of amides is 1. The van der Waals surface area contributed by atoms with Gasteiger partial charge in [-0.2, -0.15) is 8.42 Å². The Balaban J connectivity index is 1.63. The van der Waals surface area contributed by atoms with Crippen molar-refractivity contribution in [3.63, 3.8) is 0 Å². The lowest BCUT2D eigenvalue weighted by atomic mass is 9.49. The van der Waals surface area contributed by atoms with Crippen molar-refractivity contribution in [3.8, 4) is 0 Å². The summed E-state index contributed by atoms with van der Waals surface area (Å²) >= 11 is 0. The highest BCUT2D eigenvalue weighted by atomic mass is 32.2. The van der Waals surface area contributed by atoms with Gasteiger partial charge in [0.1, 0.15) is 0 Å². The Hall–Kier alpha value is -0.620. The average molecular weight is 301 g/mol. The third-order valence-electron chi connectivity index (χ3n) is 5.62. The Morgan fingerprint density at radius 2 is 1.65 bits per heavy atom. The molecule has 4 aliphatic carbocycles. The number of carbonyl (C=O) groups is 1. The fourth-order valence-electron chi connectivity index (χ4n) is 5.06. The lowest BCUT2D eigenvalue weighted by Gasteiger charge is -2.56. The molecular formula is C14H23NO4S. The first-order valence-corrected chi connectivity index (χ1v) is 9.02. The molecule has 6 heteroatoms. The number of carbonyl (C=O) groups excluding carboxylic acids is 1. The monoisotopic (exact) mass is 301 g/mol. The third kappa shape index (κ3) is 2.60. The molecule has 4 rings (SSSR count). The van der Waals surface area contributed by atoms with Gasteiger partial charge in [0.25, 0.3) is 10.1 Å². The fourth-order valence-corrected chi connectivity index (χ4v) is 5.41. The van der Waals surface area contributed by atoms with E-state index in [0.29, 0.717) is 6.54 Å². The van der Waals surface area contributed by atoms with Crippen LogP contribution in [-0.2, 0) is 14.9 Å². The fraction of sp³-hybridized carbons (Fsp3) is 0.929. The third-order valence-corrected chi connectivity index (χ3v) is 6.73. The molecule has 0 aliphatic heterocycles. The molecule has 5 nitrogen and oxygen atoms in total. The summed E-state index contributed by atoms with van der Waals surface area (Å²) in [6, 6.07) is 0. The van der Waals surface area contributed by atoms with Crippen molar-refractivity contribution < 1.29 is 17.8 Å². The van der Waals surface area contributed by atoms with E-state index >= 15 is 0 Å². The largest absolute Gasteiger partial charge is 0.354 e. The van der Waals surface area contributed by atoms with E-state index in [1.165, 1.54) is 45.4 Å². The molecule has 20 heavy (non-hydrogen) atoms. The van der Waals surface area contributed by atoms with Gasteiger partial charge in [-0.15, -0.1) is 0 Å². The van der Waals surface area contributed by atoms with Crippen molar-refractivity contribution in [2.75, 3.05) is 6.54 Å². The van der Waals surface area contributed by atoms with Crippen molar-refractivity contribution in [1.82, 2.24) is 5.32 Å². The SMILES string of the molecule is C[C@@H](C(=O)NCC12CC3CC(CC(C3)C1)C2)S(=O)(=O)O. The highest BCUT2D eigenvalue weighted by Crippen LogP contribution is 2.59. The summed E-state index contributed by atoms with van der Waals surface area (Å²) in [4.78, 5) is 11.8. The Labute approximate surface area is 120 Å². The van der Waals surface area contributed by atoms with Gasteiger partial charge in [-0.1, -0.05) is 0 Å². The van der Waals surface area contributed by atoms with Crippen LogP contribution >= 0.6 is 0 Å². The molecule has 0 aromatic carbocycles. The minimum atomic E-state index is -4.29. The summed E-state index contributed by atoms with van der Waals surface area (Å²) in [5, 5.41) is 1.39. The predicted octanol–water partition coefficient (Wildman–Crippen LogP) is 1.60. The predicted molar refractivity (Wildman–Crippen MR) is 74.6 cm³/mol. The maximum Gasteiger partial charge on any atom is 0.276 e. The lowest BCUT2D eigenvalue weighted by molar-refractivity contribution is -0.122. The molecule has 4 saturated carbocycles. The number of hydrogen-bond acceptors (Lipinski definition) is 3. The van der Waals surface area contributed by atoms with Crippen LogP contribution in [0.25, 0.3) is 0 Å². The van der Waals surface area contributed by atoms with Crippen LogP contribution in [0.4, 0.5) is 0 Å². The highest BCUT2D eigenvalue weighted by Gasteiger charge is 2.50. The minimum Gasteiger partial charge on any atom is -0.354 e. The highest BCUT2D eigenvalue weighted by molar-refractivity contribution is 7.87. The Morgan fingerprint density at radius 1 is 1.20 bits per heavy atom. The van der Waals surface area contributed by atoms with Gasteiger partial charge in [-0.3, -0.25) is 9.35 Å². The van der Waals surface area contributed by atoms with E-state index in [1.807, 2.05) is 0 Å². The normalized spacial score (nSPS) is 40.6. The molecule has 4 bridgehead atoms. The summed E-state index contributed by atoms with van der Waals surface area (Å²) in [5.41, 5.74) is 0.184. The summed E-state index contributed by atoms with van der Waals surface area (Å²) in [5.74, 6) is 1.83. The van der Waals surface area contributed by atoms with E-state index in [9.17, 15) is 13.2 Å². The summed E-state index contributed by atoms with van der Waals surface area (Å²) < 4.78 is 30.9. The smallest absolute Gasteiger partial charge is 0.276 e. The van der Waals surface area contributed by atoms with Crippen molar-refractivity contribution in [1.29, 1.82) is 0 Å². The van der Waals surface area contributed by atoms with E-state index in [-0.39, 0.29) is 5.41 Å². The van der Waals surface area contributed by atoms with Gasteiger partial charge in [0.2, 0.25) is 5.91 Å². The zero-order valence-corrected chi connectivity index (χ0v) is 12.7. The van der Waals surface area contributed by atoms with Crippen LogP contribution in [0.15, 0.2) is 0 Å². The first-order chi connectivity index (χ1) is 9.27. The minimum absolute atomic E-state index is 0.184. The molecule has 0 aromatic heterocycles. The van der Waals surface area contributed by atoms with E-state index in [4.69, 9.17) is 4.55 Å². The molecular weight excluding hydrogens is 278 g/mol. The molecule has 0 saturated heterocycles. The topological polar surface area (TPSA) is 83.5 Å². The number of hydrogen-bond donors (Lipinski definition) is 2. The molecule has 1 amide bonds. The summed E-state index contributed by atoms with van der Waals surface area (Å²) in [7, 11) is -4.29. The van der Waals surface area contributed by atoms with Gasteiger partial charge in [0, 0.05) is 6.54 Å². The molecule has 114 valence electrons. The molecule has 4 fully saturated rings. The lowest BCUT2D eigenvalue weighted by Crippen LogP contribution is -2.52. The summed E-state index contributed by atoms with van der Waals surface area (Å²) in [6.45, 7) is 1.79. The summed E-state index contributed by atoms with van der Waals surface area (Å²) in [6.07, 6.45) is 7.52. The van der Waals surface area contributed by atoms with Crippen LogP contribution in [0, 0.1) is 23.2 Å².